The number of likely N-dealkylation sites (tertiary alicyclic amines) is 1. The molecule has 0 radical (unpaired) electrons. The molecule has 1 aliphatic heterocycles. The number of hydrogen-bond donors (Lipinski definition) is 2. The minimum atomic E-state index is -0.468. The Balaban J connectivity index is 1.55. The second kappa shape index (κ2) is 8.88. The van der Waals surface area contributed by atoms with E-state index in [1.54, 1.807) is 14.2 Å². The number of nitrogens with two attached hydrogens (primary N) is 1. The average Bonchev–Trinajstić information content (AvgIpc) is 3.48. The van der Waals surface area contributed by atoms with Crippen molar-refractivity contribution < 1.29 is 19.1 Å². The van der Waals surface area contributed by atoms with Gasteiger partial charge in [-0.2, -0.15) is 0 Å². The molecule has 1 aromatic heterocycles. The lowest BCUT2D eigenvalue weighted by molar-refractivity contribution is -0.121. The normalized spacial score (nSPS) is 19.1. The zero-order valence-corrected chi connectivity index (χ0v) is 19.0. The number of anilines is 1. The van der Waals surface area contributed by atoms with Crippen LogP contribution in [0.4, 0.5) is 5.00 Å². The lowest BCUT2D eigenvalue weighted by Gasteiger charge is -2.31. The molecule has 2 unspecified atom stereocenters. The van der Waals surface area contributed by atoms with Gasteiger partial charge in [0, 0.05) is 22.5 Å². The molecule has 1 aromatic carbocycles. The van der Waals surface area contributed by atoms with Crippen LogP contribution in [0.15, 0.2) is 18.2 Å². The molecular weight excluding hydrogens is 414 g/mol. The number of aryl methyl sites for hydroxylation is 1. The van der Waals surface area contributed by atoms with Crippen LogP contribution >= 0.6 is 11.3 Å². The van der Waals surface area contributed by atoms with E-state index < -0.39 is 5.91 Å². The minimum Gasteiger partial charge on any atom is -0.497 e. The minimum absolute atomic E-state index is 0.0746. The van der Waals surface area contributed by atoms with Crippen molar-refractivity contribution in [3.05, 3.63) is 39.8 Å². The van der Waals surface area contributed by atoms with Crippen LogP contribution in [-0.4, -0.2) is 43.5 Å². The number of nitrogens with zero attached hydrogens (tertiary/aromatic N) is 1. The Labute approximate surface area is 186 Å². The van der Waals surface area contributed by atoms with Gasteiger partial charge in [0.25, 0.3) is 5.91 Å². The highest BCUT2D eigenvalue weighted by molar-refractivity contribution is 7.17. The Bertz CT molecular complexity index is 1000. The number of amides is 2. The lowest BCUT2D eigenvalue weighted by atomic mass is 10.0. The number of carbonyl (C=O) groups is 2. The molecule has 1 saturated heterocycles. The van der Waals surface area contributed by atoms with Crippen molar-refractivity contribution in [2.45, 2.75) is 51.1 Å². The molecule has 7 nitrogen and oxygen atoms in total. The van der Waals surface area contributed by atoms with Crippen LogP contribution in [0, 0.1) is 0 Å². The number of carbonyl (C=O) groups excluding carboxylic acids is 2. The maximum Gasteiger partial charge on any atom is 0.251 e. The van der Waals surface area contributed by atoms with Gasteiger partial charge in [0.1, 0.15) is 16.5 Å². The van der Waals surface area contributed by atoms with Gasteiger partial charge in [-0.1, -0.05) is 6.07 Å². The molecule has 2 heterocycles. The zero-order valence-electron chi connectivity index (χ0n) is 18.2. The molecule has 31 heavy (non-hydrogen) atoms. The monoisotopic (exact) mass is 443 g/mol. The predicted octanol–water partition coefficient (Wildman–Crippen LogP) is 3.52. The number of rotatable bonds is 7. The number of thiophene rings is 1. The summed E-state index contributed by atoms with van der Waals surface area (Å²) in [5, 5.41) is 3.59. The Morgan fingerprint density at radius 3 is 2.74 bits per heavy atom. The van der Waals surface area contributed by atoms with Crippen LogP contribution in [0.2, 0.25) is 0 Å². The first-order valence-corrected chi connectivity index (χ1v) is 11.5. The standard InChI is InChI=1S/C23H29N3O4S/c1-13(22(28)25-23-20(21(24)27)16-6-4-8-19(16)31-23)26-11-5-7-17(26)15-10-9-14(29-2)12-18(15)30-3/h9-10,12-13,17H,4-8,11H2,1-3H3,(H2,24,27)(H,25,28). The maximum absolute atomic E-state index is 13.2. The molecule has 8 heteroatoms. The van der Waals surface area contributed by atoms with Crippen molar-refractivity contribution in [2.75, 3.05) is 26.1 Å². The number of benzene rings is 1. The number of methoxy groups -OCH3 is 2. The van der Waals surface area contributed by atoms with E-state index in [4.69, 9.17) is 15.2 Å². The van der Waals surface area contributed by atoms with E-state index in [9.17, 15) is 9.59 Å². The van der Waals surface area contributed by atoms with E-state index in [1.807, 2.05) is 25.1 Å². The fraction of sp³-hybridized carbons (Fsp3) is 0.478. The molecule has 3 N–H and O–H groups in total. The van der Waals surface area contributed by atoms with Gasteiger partial charge in [-0.25, -0.2) is 0 Å². The predicted molar refractivity (Wildman–Crippen MR) is 121 cm³/mol. The summed E-state index contributed by atoms with van der Waals surface area (Å²) in [6.45, 7) is 2.73. The van der Waals surface area contributed by atoms with Gasteiger partial charge in [0.05, 0.1) is 25.8 Å². The Morgan fingerprint density at radius 2 is 2.03 bits per heavy atom. The quantitative estimate of drug-likeness (QED) is 0.683. The molecule has 166 valence electrons. The molecule has 2 aliphatic rings. The van der Waals surface area contributed by atoms with Gasteiger partial charge >= 0.3 is 0 Å². The average molecular weight is 444 g/mol. The molecule has 2 atom stereocenters. The first kappa shape index (κ1) is 21.6. The van der Waals surface area contributed by atoms with E-state index in [0.29, 0.717) is 10.6 Å². The van der Waals surface area contributed by atoms with E-state index in [2.05, 4.69) is 10.2 Å². The Hall–Kier alpha value is -2.58. The summed E-state index contributed by atoms with van der Waals surface area (Å²) < 4.78 is 10.9. The van der Waals surface area contributed by atoms with Crippen LogP contribution in [-0.2, 0) is 17.6 Å². The summed E-state index contributed by atoms with van der Waals surface area (Å²) in [5.74, 6) is 0.904. The highest BCUT2D eigenvalue weighted by Gasteiger charge is 2.35. The van der Waals surface area contributed by atoms with Gasteiger partial charge in [0.2, 0.25) is 5.91 Å². The molecule has 0 spiro atoms. The summed E-state index contributed by atoms with van der Waals surface area (Å²) in [7, 11) is 3.28. The summed E-state index contributed by atoms with van der Waals surface area (Å²) in [4.78, 5) is 28.6. The van der Waals surface area contributed by atoms with Crippen molar-refractivity contribution in [1.29, 1.82) is 0 Å². The van der Waals surface area contributed by atoms with Crippen molar-refractivity contribution in [3.8, 4) is 11.5 Å². The number of fused-ring (bicyclic) bond motifs is 1. The van der Waals surface area contributed by atoms with Gasteiger partial charge in [-0.3, -0.25) is 14.5 Å². The molecule has 2 amide bonds. The molecule has 0 saturated carbocycles. The third-order valence-electron chi connectivity index (χ3n) is 6.38. The largest absolute Gasteiger partial charge is 0.497 e. The summed E-state index contributed by atoms with van der Waals surface area (Å²) in [6.07, 6.45) is 4.76. The number of hydrogen-bond acceptors (Lipinski definition) is 6. The first-order chi connectivity index (χ1) is 14.9. The van der Waals surface area contributed by atoms with Crippen molar-refractivity contribution in [2.24, 2.45) is 5.73 Å². The summed E-state index contributed by atoms with van der Waals surface area (Å²) >= 11 is 1.49. The highest BCUT2D eigenvalue weighted by Crippen LogP contribution is 2.41. The second-order valence-electron chi connectivity index (χ2n) is 8.09. The highest BCUT2D eigenvalue weighted by atomic mass is 32.1. The van der Waals surface area contributed by atoms with E-state index >= 15 is 0 Å². The maximum atomic E-state index is 13.2. The third kappa shape index (κ3) is 4.02. The number of nitrogens with one attached hydrogen (secondary N) is 1. The molecule has 2 aromatic rings. The topological polar surface area (TPSA) is 93.9 Å². The smallest absolute Gasteiger partial charge is 0.251 e. The number of ether oxygens (including phenoxy) is 2. The van der Waals surface area contributed by atoms with Crippen molar-refractivity contribution in [3.63, 3.8) is 0 Å². The molecule has 1 fully saturated rings. The fourth-order valence-corrected chi connectivity index (χ4v) is 6.10. The molecule has 0 bridgehead atoms. The van der Waals surface area contributed by atoms with Gasteiger partial charge in [-0.15, -0.1) is 11.3 Å². The Morgan fingerprint density at radius 1 is 1.23 bits per heavy atom. The second-order valence-corrected chi connectivity index (χ2v) is 9.20. The van der Waals surface area contributed by atoms with Gasteiger partial charge < -0.3 is 20.5 Å². The van der Waals surface area contributed by atoms with Crippen LogP contribution in [0.25, 0.3) is 0 Å². The zero-order chi connectivity index (χ0) is 22.1. The van der Waals surface area contributed by atoms with E-state index in [-0.39, 0.29) is 18.0 Å². The van der Waals surface area contributed by atoms with Crippen molar-refractivity contribution in [1.82, 2.24) is 4.90 Å². The van der Waals surface area contributed by atoms with Crippen LogP contribution < -0.4 is 20.5 Å². The van der Waals surface area contributed by atoms with Crippen molar-refractivity contribution >= 4 is 28.2 Å². The van der Waals surface area contributed by atoms with E-state index in [1.165, 1.54) is 16.2 Å². The van der Waals surface area contributed by atoms with Crippen LogP contribution in [0.5, 0.6) is 11.5 Å². The SMILES string of the molecule is COc1ccc(C2CCCN2C(C)C(=O)Nc2sc3c(c2C(N)=O)CCC3)c(OC)c1. The summed E-state index contributed by atoms with van der Waals surface area (Å²) in [5.41, 5.74) is 8.20. The Kier molecular flexibility index (Phi) is 6.20. The van der Waals surface area contributed by atoms with Crippen LogP contribution in [0.1, 0.15) is 58.6 Å². The lowest BCUT2D eigenvalue weighted by Crippen LogP contribution is -2.41. The first-order valence-electron chi connectivity index (χ1n) is 10.7. The molecular formula is C23H29N3O4S. The van der Waals surface area contributed by atoms with Gasteiger partial charge in [0.15, 0.2) is 0 Å². The van der Waals surface area contributed by atoms with Crippen LogP contribution in [0.3, 0.4) is 0 Å². The third-order valence-corrected chi connectivity index (χ3v) is 7.58. The molecule has 1 aliphatic carbocycles. The molecule has 4 rings (SSSR count). The fourth-order valence-electron chi connectivity index (χ4n) is 4.80. The summed E-state index contributed by atoms with van der Waals surface area (Å²) in [6, 6.07) is 5.52. The van der Waals surface area contributed by atoms with Gasteiger partial charge in [-0.05, 0) is 57.2 Å². The number of primary amides is 1. The van der Waals surface area contributed by atoms with E-state index in [0.717, 1.165) is 61.3 Å².